The van der Waals surface area contributed by atoms with Gasteiger partial charge in [-0.15, -0.1) is 5.11 Å². The third kappa shape index (κ3) is 2.81. The summed E-state index contributed by atoms with van der Waals surface area (Å²) in [6.07, 6.45) is 0. The van der Waals surface area contributed by atoms with E-state index in [1.54, 1.807) is 4.72 Å². The first-order valence-corrected chi connectivity index (χ1v) is 5.80. The van der Waals surface area contributed by atoms with Gasteiger partial charge in [-0.3, -0.25) is 0 Å². The van der Waals surface area contributed by atoms with Crippen LogP contribution in [0.1, 0.15) is 0 Å². The lowest BCUT2D eigenvalue weighted by Gasteiger charge is -2.28. The van der Waals surface area contributed by atoms with E-state index in [1.807, 2.05) is 0 Å². The number of thiocarbonyl (C=S) groups is 1. The highest BCUT2D eigenvalue weighted by atomic mass is 35.7. The molecule has 74 valence electrons. The Bertz CT molecular complexity index is 354. The molecule has 0 saturated heterocycles. The minimum atomic E-state index is -4.04. The standard InChI is InChI=1S/C3H5ClN4O3S2/c4-13(10,11)6-3(12)8(9)2-1-5-7-8/h1-2H2,(H,6,12). The summed E-state index contributed by atoms with van der Waals surface area (Å²) < 4.78 is 21.3. The quantitative estimate of drug-likeness (QED) is 0.305. The molecule has 0 spiro atoms. The Morgan fingerprint density at radius 1 is 1.69 bits per heavy atom. The van der Waals surface area contributed by atoms with Gasteiger partial charge < -0.3 is 5.21 Å². The molecule has 1 heterocycles. The monoisotopic (exact) mass is 244 g/mol. The van der Waals surface area contributed by atoms with Crippen molar-refractivity contribution in [2.24, 2.45) is 10.3 Å². The molecule has 0 bridgehead atoms. The number of hydrogen-bond acceptors (Lipinski definition) is 6. The molecular formula is C3H5ClN4O3S2. The second kappa shape index (κ2) is 3.42. The van der Waals surface area contributed by atoms with Crippen LogP contribution in [0.3, 0.4) is 0 Å². The molecule has 0 aliphatic carbocycles. The number of hydrogen-bond donors (Lipinski definition) is 1. The minimum Gasteiger partial charge on any atom is -0.596 e. The number of nitrogens with zero attached hydrogens (tertiary/aromatic N) is 3. The van der Waals surface area contributed by atoms with E-state index >= 15 is 0 Å². The second-order valence-corrected chi connectivity index (χ2v) is 4.91. The van der Waals surface area contributed by atoms with Crippen LogP contribution < -0.4 is 4.72 Å². The molecular weight excluding hydrogens is 240 g/mol. The molecule has 0 amide bonds. The fourth-order valence-electron chi connectivity index (χ4n) is 0.690. The van der Waals surface area contributed by atoms with Gasteiger partial charge in [-0.1, -0.05) is 0 Å². The van der Waals surface area contributed by atoms with Gasteiger partial charge in [0.2, 0.25) is 0 Å². The summed E-state index contributed by atoms with van der Waals surface area (Å²) >= 11 is 4.51. The summed E-state index contributed by atoms with van der Waals surface area (Å²) in [4.78, 5) is 0. The predicted octanol–water partition coefficient (Wildman–Crippen LogP) is 0.0399. The Kier molecular flexibility index (Phi) is 2.82. The van der Waals surface area contributed by atoms with E-state index in [0.717, 1.165) is 0 Å². The van der Waals surface area contributed by atoms with Crippen molar-refractivity contribution in [1.82, 2.24) is 4.72 Å². The highest BCUT2D eigenvalue weighted by Gasteiger charge is 2.30. The summed E-state index contributed by atoms with van der Waals surface area (Å²) in [6, 6.07) is 0. The van der Waals surface area contributed by atoms with Crippen molar-refractivity contribution >= 4 is 37.2 Å². The number of halogens is 1. The maximum atomic E-state index is 11.4. The highest BCUT2D eigenvalue weighted by Crippen LogP contribution is 2.14. The zero-order valence-corrected chi connectivity index (χ0v) is 8.56. The average molecular weight is 245 g/mol. The SMILES string of the molecule is O=S(=O)(Cl)NC(=S)[N+]1([O-])CCN=N1. The van der Waals surface area contributed by atoms with E-state index in [-0.39, 0.29) is 13.1 Å². The van der Waals surface area contributed by atoms with Crippen LogP contribution in [0.15, 0.2) is 10.3 Å². The van der Waals surface area contributed by atoms with Crippen molar-refractivity contribution in [2.75, 3.05) is 13.1 Å². The third-order valence-electron chi connectivity index (χ3n) is 1.24. The summed E-state index contributed by atoms with van der Waals surface area (Å²) in [7, 11) is 0.786. The molecule has 0 fully saturated rings. The van der Waals surface area contributed by atoms with E-state index in [1.165, 1.54) is 0 Å². The van der Waals surface area contributed by atoms with Gasteiger partial charge in [-0.25, -0.2) is 4.72 Å². The normalized spacial score (nSPS) is 27.5. The van der Waals surface area contributed by atoms with Crippen molar-refractivity contribution in [3.63, 3.8) is 0 Å². The molecule has 0 aromatic carbocycles. The lowest BCUT2D eigenvalue weighted by Crippen LogP contribution is -2.48. The molecule has 1 aliphatic rings. The van der Waals surface area contributed by atoms with Crippen molar-refractivity contribution in [3.8, 4) is 0 Å². The van der Waals surface area contributed by atoms with E-state index in [9.17, 15) is 13.6 Å². The van der Waals surface area contributed by atoms with Gasteiger partial charge in [0, 0.05) is 28.1 Å². The maximum Gasteiger partial charge on any atom is 0.323 e. The smallest absolute Gasteiger partial charge is 0.323 e. The molecule has 0 saturated carbocycles. The van der Waals surface area contributed by atoms with Crippen molar-refractivity contribution < 1.29 is 13.2 Å². The number of rotatable bonds is 1. The van der Waals surface area contributed by atoms with Gasteiger partial charge in [0.1, 0.15) is 13.1 Å². The van der Waals surface area contributed by atoms with E-state index in [0.29, 0.717) is 0 Å². The molecule has 1 aliphatic heterocycles. The number of nitrogens with one attached hydrogen (secondary N) is 1. The summed E-state index contributed by atoms with van der Waals surface area (Å²) in [5.41, 5.74) is 0. The van der Waals surface area contributed by atoms with Crippen LogP contribution in [-0.4, -0.2) is 31.4 Å². The average Bonchev–Trinajstić information content (AvgIpc) is 2.33. The van der Waals surface area contributed by atoms with Gasteiger partial charge in [-0.2, -0.15) is 13.2 Å². The second-order valence-electron chi connectivity index (χ2n) is 2.22. The molecule has 13 heavy (non-hydrogen) atoms. The van der Waals surface area contributed by atoms with Crippen molar-refractivity contribution in [1.29, 1.82) is 0 Å². The Morgan fingerprint density at radius 3 is 2.69 bits per heavy atom. The summed E-state index contributed by atoms with van der Waals surface area (Å²) in [5, 5.41) is 17.5. The third-order valence-corrected chi connectivity index (χ3v) is 2.42. The molecule has 1 rings (SSSR count). The van der Waals surface area contributed by atoms with Gasteiger partial charge in [0.05, 0.1) is 0 Å². The van der Waals surface area contributed by atoms with Crippen LogP contribution in [0, 0.1) is 5.21 Å². The first-order chi connectivity index (χ1) is 5.83. The van der Waals surface area contributed by atoms with Crippen LogP contribution >= 0.6 is 22.9 Å². The lowest BCUT2D eigenvalue weighted by molar-refractivity contribution is -0.789. The van der Waals surface area contributed by atoms with Crippen LogP contribution in [-0.2, 0) is 9.24 Å². The lowest BCUT2D eigenvalue weighted by atomic mass is 10.6. The molecule has 10 heteroatoms. The Labute approximate surface area is 84.1 Å². The molecule has 7 nitrogen and oxygen atoms in total. The zero-order chi connectivity index (χ0) is 10.1. The topological polar surface area (TPSA) is 94.0 Å². The van der Waals surface area contributed by atoms with Crippen molar-refractivity contribution in [2.45, 2.75) is 0 Å². The Hall–Kier alpha value is -0.350. The predicted molar refractivity (Wildman–Crippen MR) is 48.7 cm³/mol. The summed E-state index contributed by atoms with van der Waals surface area (Å²) in [5.74, 6) is 0. The molecule has 0 aromatic rings. The van der Waals surface area contributed by atoms with Crippen molar-refractivity contribution in [3.05, 3.63) is 5.21 Å². The van der Waals surface area contributed by atoms with E-state index in [4.69, 9.17) is 10.7 Å². The molecule has 1 unspecified atom stereocenters. The first-order valence-electron chi connectivity index (χ1n) is 3.08. The minimum absolute atomic E-state index is 0.0156. The number of quaternary nitrogens is 1. The maximum absolute atomic E-state index is 11.4. The molecule has 1 atom stereocenters. The molecule has 0 aromatic heterocycles. The molecule has 1 N–H and O–H groups in total. The fraction of sp³-hybridized carbons (Fsp3) is 0.667. The highest BCUT2D eigenvalue weighted by molar-refractivity contribution is 8.13. The first kappa shape index (κ1) is 10.7. The van der Waals surface area contributed by atoms with Gasteiger partial charge in [-0.05, 0) is 0 Å². The van der Waals surface area contributed by atoms with Crippen LogP contribution in [0.2, 0.25) is 0 Å². The van der Waals surface area contributed by atoms with E-state index < -0.39 is 19.1 Å². The zero-order valence-electron chi connectivity index (χ0n) is 6.18. The van der Waals surface area contributed by atoms with Crippen LogP contribution in [0.25, 0.3) is 0 Å². The fourth-order valence-corrected chi connectivity index (χ4v) is 1.85. The van der Waals surface area contributed by atoms with Gasteiger partial charge in [0.15, 0.2) is 0 Å². The largest absolute Gasteiger partial charge is 0.596 e. The number of hydroxylamine groups is 2. The Balaban J connectivity index is 2.74. The van der Waals surface area contributed by atoms with Gasteiger partial charge >= 0.3 is 14.3 Å². The van der Waals surface area contributed by atoms with E-state index in [2.05, 4.69) is 22.6 Å². The molecule has 0 radical (unpaired) electrons. The van der Waals surface area contributed by atoms with Crippen LogP contribution in [0.5, 0.6) is 0 Å². The summed E-state index contributed by atoms with van der Waals surface area (Å²) in [6.45, 7) is 0.200. The Morgan fingerprint density at radius 2 is 2.31 bits per heavy atom. The van der Waals surface area contributed by atoms with Crippen LogP contribution in [0.4, 0.5) is 0 Å². The van der Waals surface area contributed by atoms with Gasteiger partial charge in [0.25, 0.3) is 0 Å².